The van der Waals surface area contributed by atoms with Gasteiger partial charge in [0.25, 0.3) is 0 Å². The first-order valence-electron chi connectivity index (χ1n) is 11.6. The normalized spacial score (nSPS) is 17.1. The Labute approximate surface area is 203 Å². The molecule has 7 nitrogen and oxygen atoms in total. The number of rotatable bonds is 4. The number of aromatic nitrogens is 1. The number of ether oxygens (including phenoxy) is 2. The van der Waals surface area contributed by atoms with E-state index in [-0.39, 0.29) is 0 Å². The molecule has 0 amide bonds. The number of fused-ring (bicyclic) bond motifs is 3. The van der Waals surface area contributed by atoms with E-state index in [1.54, 1.807) is 14.2 Å². The zero-order valence-electron chi connectivity index (χ0n) is 19.7. The molecule has 2 aliphatic rings. The number of aliphatic hydroxyl groups excluding tert-OH is 1. The van der Waals surface area contributed by atoms with Crippen molar-refractivity contribution < 1.29 is 24.4 Å². The van der Waals surface area contributed by atoms with Crippen molar-refractivity contribution >= 4 is 22.3 Å². The maximum atomic E-state index is 10.5. The van der Waals surface area contributed by atoms with E-state index >= 15 is 0 Å². The lowest BCUT2D eigenvalue weighted by atomic mass is 9.89. The highest BCUT2D eigenvalue weighted by Crippen LogP contribution is 2.43. The van der Waals surface area contributed by atoms with Crippen LogP contribution in [0.3, 0.4) is 0 Å². The highest BCUT2D eigenvalue weighted by molar-refractivity contribution is 6.01. The third kappa shape index (κ3) is 3.69. The lowest BCUT2D eigenvalue weighted by Gasteiger charge is -2.33. The van der Waals surface area contributed by atoms with Crippen LogP contribution in [-0.4, -0.2) is 30.9 Å². The van der Waals surface area contributed by atoms with Crippen LogP contribution in [0, 0.1) is 0 Å². The molecule has 1 aromatic heterocycles. The summed E-state index contributed by atoms with van der Waals surface area (Å²) in [5.41, 5.74) is 6.17. The van der Waals surface area contributed by atoms with Crippen LogP contribution in [0.5, 0.6) is 11.5 Å². The lowest BCUT2D eigenvalue weighted by molar-refractivity contribution is -0.321. The summed E-state index contributed by atoms with van der Waals surface area (Å²) >= 11 is 0. The molecular formula is C28H26N2O5. The minimum atomic E-state index is -0.463. The van der Waals surface area contributed by atoms with E-state index in [4.69, 9.17) is 24.2 Å². The molecule has 0 unspecified atom stereocenters. The Bertz CT molecular complexity index is 1420. The standard InChI is InChI=1S/C28H26N2O5/c1-32-25-12-18-11-19-15-34-35-16-22(19)28(21(18)14-26(25)33-2)17-7-9-29-27(13-17)30-10-8-24(31)20-5-3-4-6-23(20)30/h3-7,9,11-14,24,31H,8,10,15-16H2,1-2H3/t24-/m0/s1. The van der Waals surface area contributed by atoms with Gasteiger partial charge < -0.3 is 19.5 Å². The maximum Gasteiger partial charge on any atom is 0.161 e. The Kier molecular flexibility index (Phi) is 5.53. The zero-order valence-corrected chi connectivity index (χ0v) is 19.7. The summed E-state index contributed by atoms with van der Waals surface area (Å²) in [6.45, 7) is 1.41. The van der Waals surface area contributed by atoms with E-state index in [9.17, 15) is 5.11 Å². The van der Waals surface area contributed by atoms with E-state index in [2.05, 4.69) is 17.0 Å². The van der Waals surface area contributed by atoms with E-state index in [0.717, 1.165) is 50.1 Å². The molecule has 0 saturated heterocycles. The van der Waals surface area contributed by atoms with Gasteiger partial charge in [0, 0.05) is 24.0 Å². The van der Waals surface area contributed by atoms with Crippen molar-refractivity contribution in [2.75, 3.05) is 25.7 Å². The number of nitrogens with zero attached hydrogens (tertiary/aromatic N) is 2. The molecule has 3 aromatic carbocycles. The number of para-hydroxylation sites is 1. The van der Waals surface area contributed by atoms with E-state index in [1.807, 2.05) is 48.7 Å². The van der Waals surface area contributed by atoms with Crippen molar-refractivity contribution in [3.8, 4) is 22.6 Å². The fourth-order valence-corrected chi connectivity index (χ4v) is 5.16. The molecule has 2 aliphatic heterocycles. The van der Waals surface area contributed by atoms with Gasteiger partial charge in [0.1, 0.15) is 19.0 Å². The summed E-state index contributed by atoms with van der Waals surface area (Å²) in [6, 6.07) is 18.2. The number of methoxy groups -OCH3 is 2. The average Bonchev–Trinajstić information content (AvgIpc) is 2.91. The Hall–Kier alpha value is -3.65. The monoisotopic (exact) mass is 470 g/mol. The first-order valence-corrected chi connectivity index (χ1v) is 11.6. The zero-order chi connectivity index (χ0) is 23.9. The molecule has 0 spiro atoms. The minimum absolute atomic E-state index is 0.353. The Morgan fingerprint density at radius 2 is 1.77 bits per heavy atom. The van der Waals surface area contributed by atoms with Crippen molar-refractivity contribution in [3.63, 3.8) is 0 Å². The van der Waals surface area contributed by atoms with Crippen LogP contribution < -0.4 is 14.4 Å². The Morgan fingerprint density at radius 1 is 0.971 bits per heavy atom. The van der Waals surface area contributed by atoms with Gasteiger partial charge in [0.05, 0.1) is 20.3 Å². The fourth-order valence-electron chi connectivity index (χ4n) is 5.16. The van der Waals surface area contributed by atoms with Gasteiger partial charge in [-0.15, -0.1) is 0 Å². The highest BCUT2D eigenvalue weighted by Gasteiger charge is 2.26. The minimum Gasteiger partial charge on any atom is -0.493 e. The van der Waals surface area contributed by atoms with Gasteiger partial charge in [0.2, 0.25) is 0 Å². The summed E-state index contributed by atoms with van der Waals surface area (Å²) in [6.07, 6.45) is 2.02. The van der Waals surface area contributed by atoms with Crippen LogP contribution in [0.4, 0.5) is 11.5 Å². The number of aliphatic hydroxyl groups is 1. The van der Waals surface area contributed by atoms with Gasteiger partial charge in [0.15, 0.2) is 11.5 Å². The van der Waals surface area contributed by atoms with Crippen molar-refractivity contribution in [2.45, 2.75) is 25.7 Å². The molecule has 4 aromatic rings. The van der Waals surface area contributed by atoms with Gasteiger partial charge in [-0.05, 0) is 75.8 Å². The van der Waals surface area contributed by atoms with Crippen molar-refractivity contribution in [1.29, 1.82) is 0 Å². The molecule has 0 radical (unpaired) electrons. The predicted octanol–water partition coefficient (Wildman–Crippen LogP) is 5.46. The SMILES string of the molecule is COc1cc2cc3c(c(-c4ccnc(N5CC[C@H](O)c6ccccc65)c4)c2cc1OC)COOC3. The van der Waals surface area contributed by atoms with Gasteiger partial charge >= 0.3 is 0 Å². The first kappa shape index (κ1) is 21.9. The van der Waals surface area contributed by atoms with Crippen LogP contribution in [0.2, 0.25) is 0 Å². The van der Waals surface area contributed by atoms with Crippen LogP contribution >= 0.6 is 0 Å². The number of pyridine rings is 1. The summed E-state index contributed by atoms with van der Waals surface area (Å²) in [5.74, 6) is 2.18. The smallest absolute Gasteiger partial charge is 0.161 e. The fraction of sp³-hybridized carbons (Fsp3) is 0.250. The summed E-state index contributed by atoms with van der Waals surface area (Å²) in [5, 5.41) is 12.6. The predicted molar refractivity (Wildman–Crippen MR) is 133 cm³/mol. The molecule has 6 rings (SSSR count). The third-order valence-electron chi connectivity index (χ3n) is 6.87. The molecule has 3 heterocycles. The van der Waals surface area contributed by atoms with Gasteiger partial charge in [-0.1, -0.05) is 18.2 Å². The second-order valence-corrected chi connectivity index (χ2v) is 8.76. The maximum absolute atomic E-state index is 10.5. The molecule has 35 heavy (non-hydrogen) atoms. The largest absolute Gasteiger partial charge is 0.493 e. The second kappa shape index (κ2) is 8.85. The van der Waals surface area contributed by atoms with Crippen LogP contribution in [0.1, 0.15) is 29.2 Å². The molecule has 0 saturated carbocycles. The van der Waals surface area contributed by atoms with Crippen LogP contribution in [-0.2, 0) is 23.0 Å². The second-order valence-electron chi connectivity index (χ2n) is 8.76. The van der Waals surface area contributed by atoms with Gasteiger partial charge in [-0.25, -0.2) is 14.8 Å². The summed E-state index contributed by atoms with van der Waals surface area (Å²) < 4.78 is 11.2. The third-order valence-corrected chi connectivity index (χ3v) is 6.87. The van der Waals surface area contributed by atoms with Gasteiger partial charge in [-0.2, -0.15) is 0 Å². The number of hydrogen-bond acceptors (Lipinski definition) is 7. The topological polar surface area (TPSA) is 73.3 Å². The molecular weight excluding hydrogens is 444 g/mol. The summed E-state index contributed by atoms with van der Waals surface area (Å²) in [7, 11) is 3.29. The quantitative estimate of drug-likeness (QED) is 0.397. The van der Waals surface area contributed by atoms with Crippen molar-refractivity contribution in [2.24, 2.45) is 0 Å². The van der Waals surface area contributed by atoms with E-state index in [1.165, 1.54) is 0 Å². The van der Waals surface area contributed by atoms with Crippen molar-refractivity contribution in [1.82, 2.24) is 4.98 Å². The highest BCUT2D eigenvalue weighted by atomic mass is 17.2. The van der Waals surface area contributed by atoms with Crippen molar-refractivity contribution in [3.05, 3.63) is 77.5 Å². The molecule has 178 valence electrons. The number of benzene rings is 3. The van der Waals surface area contributed by atoms with Crippen LogP contribution in [0.15, 0.2) is 60.8 Å². The lowest BCUT2D eigenvalue weighted by Crippen LogP contribution is -2.27. The number of hydrogen-bond donors (Lipinski definition) is 1. The average molecular weight is 471 g/mol. The van der Waals surface area contributed by atoms with Gasteiger partial charge in [-0.3, -0.25) is 0 Å². The molecule has 1 atom stereocenters. The molecule has 0 bridgehead atoms. The Morgan fingerprint density at radius 3 is 2.63 bits per heavy atom. The first-order chi connectivity index (χ1) is 17.2. The van der Waals surface area contributed by atoms with E-state index < -0.39 is 6.10 Å². The molecule has 0 fully saturated rings. The molecule has 7 heteroatoms. The molecule has 0 aliphatic carbocycles. The molecule has 1 N–H and O–H groups in total. The number of anilines is 2. The van der Waals surface area contributed by atoms with Crippen LogP contribution in [0.25, 0.3) is 21.9 Å². The Balaban J connectivity index is 1.55. The van der Waals surface area contributed by atoms with E-state index in [0.29, 0.717) is 37.7 Å². The summed E-state index contributed by atoms with van der Waals surface area (Å²) in [4.78, 5) is 17.6.